The molecule has 2 aliphatic rings. The molecule has 9 heteroatoms. The second kappa shape index (κ2) is 9.25. The van der Waals surface area contributed by atoms with E-state index >= 15 is 0 Å². The maximum Gasteiger partial charge on any atom is 0.358 e. The summed E-state index contributed by atoms with van der Waals surface area (Å²) in [7, 11) is 2.84. The molecule has 1 saturated carbocycles. The Bertz CT molecular complexity index is 1060. The molecule has 0 spiro atoms. The number of hydrogen-bond acceptors (Lipinski definition) is 6. The van der Waals surface area contributed by atoms with Crippen molar-refractivity contribution < 1.29 is 23.9 Å². The van der Waals surface area contributed by atoms with Crippen LogP contribution in [0.15, 0.2) is 30.3 Å². The number of methoxy groups -OCH3 is 2. The normalized spacial score (nSPS) is 20.8. The van der Waals surface area contributed by atoms with Crippen LogP contribution in [0.2, 0.25) is 0 Å². The van der Waals surface area contributed by atoms with Crippen molar-refractivity contribution in [1.29, 1.82) is 0 Å². The molecule has 176 valence electrons. The molecule has 1 aliphatic heterocycles. The summed E-state index contributed by atoms with van der Waals surface area (Å²) in [5.74, 6) is -0.599. The molecule has 1 aromatic heterocycles. The average Bonchev–Trinajstić information content (AvgIpc) is 3.26. The van der Waals surface area contributed by atoms with Gasteiger partial charge in [0.25, 0.3) is 5.91 Å². The molecule has 0 saturated heterocycles. The van der Waals surface area contributed by atoms with Crippen LogP contribution in [-0.2, 0) is 22.6 Å². The van der Waals surface area contributed by atoms with Crippen molar-refractivity contribution >= 4 is 17.8 Å². The lowest BCUT2D eigenvalue weighted by atomic mass is 9.91. The van der Waals surface area contributed by atoms with Crippen LogP contribution in [0, 0.1) is 0 Å². The van der Waals surface area contributed by atoms with Gasteiger partial charge in [0.2, 0.25) is 5.91 Å². The van der Waals surface area contributed by atoms with Crippen LogP contribution in [-0.4, -0.2) is 58.3 Å². The molecule has 1 fully saturated rings. The van der Waals surface area contributed by atoms with Gasteiger partial charge in [-0.25, -0.2) is 4.79 Å². The minimum atomic E-state index is -1.21. The van der Waals surface area contributed by atoms with E-state index in [4.69, 9.17) is 9.47 Å². The number of benzene rings is 1. The maximum atomic E-state index is 13.6. The van der Waals surface area contributed by atoms with E-state index in [0.717, 1.165) is 31.2 Å². The molecule has 1 aliphatic carbocycles. The molecule has 0 radical (unpaired) electrons. The summed E-state index contributed by atoms with van der Waals surface area (Å²) in [6.45, 7) is 2.05. The van der Waals surface area contributed by atoms with Crippen molar-refractivity contribution in [3.8, 4) is 5.75 Å². The minimum absolute atomic E-state index is 0.0371. The van der Waals surface area contributed by atoms with Gasteiger partial charge < -0.3 is 19.7 Å². The third-order valence-corrected chi connectivity index (χ3v) is 6.64. The van der Waals surface area contributed by atoms with Gasteiger partial charge in [0.05, 0.1) is 27.3 Å². The number of carbonyl (C=O) groups is 3. The number of nitrogens with one attached hydrogen (secondary N) is 1. The number of amides is 2. The van der Waals surface area contributed by atoms with E-state index < -0.39 is 11.5 Å². The van der Waals surface area contributed by atoms with Crippen molar-refractivity contribution in [2.24, 2.45) is 0 Å². The van der Waals surface area contributed by atoms with E-state index in [-0.39, 0.29) is 42.3 Å². The summed E-state index contributed by atoms with van der Waals surface area (Å²) >= 11 is 0. The van der Waals surface area contributed by atoms with Gasteiger partial charge in [-0.2, -0.15) is 5.10 Å². The second-order valence-corrected chi connectivity index (χ2v) is 8.85. The Labute approximate surface area is 193 Å². The van der Waals surface area contributed by atoms with Crippen molar-refractivity contribution in [1.82, 2.24) is 20.0 Å². The Morgan fingerprint density at radius 2 is 1.91 bits per heavy atom. The zero-order valence-corrected chi connectivity index (χ0v) is 19.3. The SMILES string of the molecule is COC(=O)c1cc2n(n1)C[C@@](C)(C(=O)NC1CCCCC1)N(Cc1ccccc1OC)C2=O. The lowest BCUT2D eigenvalue weighted by molar-refractivity contribution is -0.134. The van der Waals surface area contributed by atoms with E-state index in [0.29, 0.717) is 5.75 Å². The molecule has 9 nitrogen and oxygen atoms in total. The minimum Gasteiger partial charge on any atom is -0.496 e. The predicted octanol–water partition coefficient (Wildman–Crippen LogP) is 2.54. The number of ether oxygens (including phenoxy) is 2. The number of carbonyl (C=O) groups excluding carboxylic acids is 3. The van der Waals surface area contributed by atoms with Crippen LogP contribution in [0.25, 0.3) is 0 Å². The number of esters is 1. The average molecular weight is 455 g/mol. The molecule has 2 aromatic rings. The van der Waals surface area contributed by atoms with Gasteiger partial charge in [0.1, 0.15) is 17.0 Å². The zero-order valence-electron chi connectivity index (χ0n) is 19.3. The first kappa shape index (κ1) is 22.8. The van der Waals surface area contributed by atoms with E-state index in [1.807, 2.05) is 24.3 Å². The van der Waals surface area contributed by atoms with E-state index in [1.54, 1.807) is 18.9 Å². The number of nitrogens with zero attached hydrogens (tertiary/aromatic N) is 3. The number of para-hydroxylation sites is 1. The highest BCUT2D eigenvalue weighted by Crippen LogP contribution is 2.32. The van der Waals surface area contributed by atoms with Gasteiger partial charge in [-0.15, -0.1) is 0 Å². The monoisotopic (exact) mass is 454 g/mol. The first-order chi connectivity index (χ1) is 15.9. The molecular formula is C24H30N4O5. The smallest absolute Gasteiger partial charge is 0.358 e. The molecule has 0 unspecified atom stereocenters. The fourth-order valence-electron chi connectivity index (χ4n) is 4.69. The van der Waals surface area contributed by atoms with Crippen LogP contribution in [0.3, 0.4) is 0 Å². The van der Waals surface area contributed by atoms with Crippen LogP contribution in [0.4, 0.5) is 0 Å². The zero-order chi connectivity index (χ0) is 23.6. The first-order valence-electron chi connectivity index (χ1n) is 11.3. The summed E-state index contributed by atoms with van der Waals surface area (Å²) in [5.41, 5.74) is -0.142. The summed E-state index contributed by atoms with van der Waals surface area (Å²) in [6, 6.07) is 8.93. The fraction of sp³-hybridized carbons (Fsp3) is 0.500. The molecule has 0 bridgehead atoms. The summed E-state index contributed by atoms with van der Waals surface area (Å²) in [5, 5.41) is 7.43. The van der Waals surface area contributed by atoms with Crippen molar-refractivity contribution in [3.63, 3.8) is 0 Å². The number of aromatic nitrogens is 2. The van der Waals surface area contributed by atoms with Crippen LogP contribution >= 0.6 is 0 Å². The first-order valence-corrected chi connectivity index (χ1v) is 11.3. The van der Waals surface area contributed by atoms with Crippen molar-refractivity contribution in [3.05, 3.63) is 47.3 Å². The highest BCUT2D eigenvalue weighted by Gasteiger charge is 2.48. The lowest BCUT2D eigenvalue weighted by Crippen LogP contribution is -2.64. The van der Waals surface area contributed by atoms with Gasteiger partial charge in [-0.1, -0.05) is 37.5 Å². The summed E-state index contributed by atoms with van der Waals surface area (Å²) in [4.78, 5) is 40.9. The Balaban J connectivity index is 1.71. The van der Waals surface area contributed by atoms with Gasteiger partial charge in [0.15, 0.2) is 5.69 Å². The molecule has 1 aromatic carbocycles. The summed E-state index contributed by atoms with van der Waals surface area (Å²) in [6.07, 6.45) is 5.20. The number of rotatable bonds is 6. The Morgan fingerprint density at radius 3 is 2.61 bits per heavy atom. The second-order valence-electron chi connectivity index (χ2n) is 8.85. The summed E-state index contributed by atoms with van der Waals surface area (Å²) < 4.78 is 11.7. The van der Waals surface area contributed by atoms with E-state index in [2.05, 4.69) is 10.4 Å². The number of fused-ring (bicyclic) bond motifs is 1. The van der Waals surface area contributed by atoms with Crippen LogP contribution in [0.1, 0.15) is 65.6 Å². The van der Waals surface area contributed by atoms with Crippen LogP contribution < -0.4 is 10.1 Å². The molecule has 4 rings (SSSR count). The van der Waals surface area contributed by atoms with Crippen molar-refractivity contribution in [2.75, 3.05) is 14.2 Å². The van der Waals surface area contributed by atoms with Crippen molar-refractivity contribution in [2.45, 2.75) is 63.7 Å². The highest BCUT2D eigenvalue weighted by atomic mass is 16.5. The van der Waals surface area contributed by atoms with Crippen LogP contribution in [0.5, 0.6) is 5.75 Å². The molecule has 2 heterocycles. The Morgan fingerprint density at radius 1 is 1.18 bits per heavy atom. The molecular weight excluding hydrogens is 424 g/mol. The quantitative estimate of drug-likeness (QED) is 0.673. The molecule has 1 N–H and O–H groups in total. The largest absolute Gasteiger partial charge is 0.496 e. The standard InChI is InChI=1S/C24H30N4O5/c1-24(23(31)25-17-10-5-4-6-11-17)15-28-19(13-18(26-28)22(30)33-3)21(29)27(24)14-16-9-7-8-12-20(16)32-2/h7-9,12-13,17H,4-6,10-11,14-15H2,1-3H3,(H,25,31)/t24-/m0/s1. The predicted molar refractivity (Wildman–Crippen MR) is 120 cm³/mol. The van der Waals surface area contributed by atoms with Gasteiger partial charge in [-0.3, -0.25) is 14.3 Å². The molecule has 1 atom stereocenters. The van der Waals surface area contributed by atoms with Gasteiger partial charge >= 0.3 is 5.97 Å². The van der Waals surface area contributed by atoms with E-state index in [1.165, 1.54) is 24.3 Å². The topological polar surface area (TPSA) is 103 Å². The molecule has 2 amide bonds. The van der Waals surface area contributed by atoms with Gasteiger partial charge in [0, 0.05) is 17.7 Å². The lowest BCUT2D eigenvalue weighted by Gasteiger charge is -2.44. The third-order valence-electron chi connectivity index (χ3n) is 6.64. The Hall–Kier alpha value is -3.36. The van der Waals surface area contributed by atoms with E-state index in [9.17, 15) is 14.4 Å². The van der Waals surface area contributed by atoms with Gasteiger partial charge in [-0.05, 0) is 25.8 Å². The number of hydrogen-bond donors (Lipinski definition) is 1. The maximum absolute atomic E-state index is 13.6. The molecule has 33 heavy (non-hydrogen) atoms. The Kier molecular flexibility index (Phi) is 6.40. The third kappa shape index (κ3) is 4.31. The highest BCUT2D eigenvalue weighted by molar-refractivity contribution is 6.01. The fourth-order valence-corrected chi connectivity index (χ4v) is 4.69.